The number of methoxy groups -OCH3 is 1. The van der Waals surface area contributed by atoms with Crippen molar-refractivity contribution in [3.05, 3.63) is 23.5 Å². The van der Waals surface area contributed by atoms with Gasteiger partial charge in [-0.15, -0.1) is 0 Å². The Labute approximate surface area is 129 Å². The summed E-state index contributed by atoms with van der Waals surface area (Å²) in [4.78, 5) is 35.0. The van der Waals surface area contributed by atoms with Crippen LogP contribution in [0.2, 0.25) is 0 Å². The molecule has 1 aromatic rings. The topological polar surface area (TPSA) is 86.6 Å². The first-order valence-corrected chi connectivity index (χ1v) is 6.75. The molecule has 0 saturated carbocycles. The van der Waals surface area contributed by atoms with Crippen LogP contribution in [0, 0.1) is 0 Å². The second-order valence-electron chi connectivity index (χ2n) is 6.16. The number of aryl methyl sites for hydroxylation is 1. The second kappa shape index (κ2) is 6.21. The highest BCUT2D eigenvalue weighted by molar-refractivity contribution is 5.88. The first kappa shape index (κ1) is 17.7. The minimum atomic E-state index is -1.31. The molecule has 0 aliphatic rings. The van der Waals surface area contributed by atoms with Gasteiger partial charge in [0.2, 0.25) is 0 Å². The third-order valence-electron chi connectivity index (χ3n) is 3.00. The Morgan fingerprint density at radius 1 is 1.27 bits per heavy atom. The Hall–Kier alpha value is -2.31. The summed E-state index contributed by atoms with van der Waals surface area (Å²) < 4.78 is 11.3. The number of aldehydes is 1. The van der Waals surface area contributed by atoms with Crippen molar-refractivity contribution in [3.8, 4) is 0 Å². The largest absolute Gasteiger partial charge is 0.464 e. The molecule has 22 heavy (non-hydrogen) atoms. The van der Waals surface area contributed by atoms with Gasteiger partial charge in [0, 0.05) is 18.8 Å². The molecule has 122 valence electrons. The van der Waals surface area contributed by atoms with Gasteiger partial charge in [-0.3, -0.25) is 0 Å². The van der Waals surface area contributed by atoms with Crippen LogP contribution in [0.3, 0.4) is 0 Å². The fraction of sp³-hybridized carbons (Fsp3) is 0.533. The SMILES string of the molecule is COC(=O)c1cc(C(C)(C=O)NC(=O)OC(C)(C)C)cn1C. The Morgan fingerprint density at radius 2 is 1.86 bits per heavy atom. The van der Waals surface area contributed by atoms with E-state index in [1.54, 1.807) is 34.0 Å². The maximum absolute atomic E-state index is 11.9. The molecular formula is C15H22N2O5. The smallest absolute Gasteiger partial charge is 0.408 e. The summed E-state index contributed by atoms with van der Waals surface area (Å²) in [5.41, 5.74) is -1.26. The van der Waals surface area contributed by atoms with Gasteiger partial charge in [0.1, 0.15) is 23.1 Å². The number of nitrogens with one attached hydrogen (secondary N) is 1. The van der Waals surface area contributed by atoms with E-state index in [9.17, 15) is 14.4 Å². The lowest BCUT2D eigenvalue weighted by atomic mass is 9.96. The molecular weight excluding hydrogens is 288 g/mol. The second-order valence-corrected chi connectivity index (χ2v) is 6.16. The number of amides is 1. The van der Waals surface area contributed by atoms with Crippen LogP contribution in [0.25, 0.3) is 0 Å². The van der Waals surface area contributed by atoms with E-state index in [0.29, 0.717) is 11.8 Å². The Kier molecular flexibility index (Phi) is 5.01. The Morgan fingerprint density at radius 3 is 2.32 bits per heavy atom. The summed E-state index contributed by atoms with van der Waals surface area (Å²) in [6, 6.07) is 1.50. The number of aromatic nitrogens is 1. The van der Waals surface area contributed by atoms with Gasteiger partial charge in [-0.2, -0.15) is 0 Å². The van der Waals surface area contributed by atoms with Crippen LogP contribution in [0.15, 0.2) is 12.3 Å². The molecule has 0 spiro atoms. The lowest BCUT2D eigenvalue weighted by Crippen LogP contribution is -2.46. The maximum Gasteiger partial charge on any atom is 0.408 e. The molecule has 1 unspecified atom stereocenters. The quantitative estimate of drug-likeness (QED) is 0.676. The van der Waals surface area contributed by atoms with Crippen molar-refractivity contribution in [1.82, 2.24) is 9.88 Å². The van der Waals surface area contributed by atoms with Crippen LogP contribution < -0.4 is 5.32 Å². The van der Waals surface area contributed by atoms with E-state index < -0.39 is 23.2 Å². The summed E-state index contributed by atoms with van der Waals surface area (Å²) in [6.07, 6.45) is 1.45. The van der Waals surface area contributed by atoms with E-state index in [1.165, 1.54) is 24.7 Å². The van der Waals surface area contributed by atoms with Crippen molar-refractivity contribution in [3.63, 3.8) is 0 Å². The third-order valence-corrected chi connectivity index (χ3v) is 3.00. The number of carbonyl (C=O) groups is 3. The van der Waals surface area contributed by atoms with Crippen LogP contribution in [0.5, 0.6) is 0 Å². The third kappa shape index (κ3) is 4.09. The van der Waals surface area contributed by atoms with Gasteiger partial charge in [0.25, 0.3) is 0 Å². The molecule has 0 aliphatic carbocycles. The lowest BCUT2D eigenvalue weighted by Gasteiger charge is -2.27. The lowest BCUT2D eigenvalue weighted by molar-refractivity contribution is -0.113. The van der Waals surface area contributed by atoms with Gasteiger partial charge in [-0.05, 0) is 33.8 Å². The van der Waals surface area contributed by atoms with E-state index in [1.807, 2.05) is 0 Å². The van der Waals surface area contributed by atoms with Gasteiger partial charge in [0.15, 0.2) is 0 Å². The minimum Gasteiger partial charge on any atom is -0.464 e. The highest BCUT2D eigenvalue weighted by Crippen LogP contribution is 2.22. The maximum atomic E-state index is 11.9. The number of esters is 1. The van der Waals surface area contributed by atoms with Crippen molar-refractivity contribution in [1.29, 1.82) is 0 Å². The number of rotatable bonds is 4. The van der Waals surface area contributed by atoms with E-state index in [2.05, 4.69) is 10.1 Å². The number of hydrogen-bond donors (Lipinski definition) is 1. The van der Waals surface area contributed by atoms with Crippen LogP contribution in [-0.2, 0) is 26.9 Å². The first-order valence-electron chi connectivity index (χ1n) is 6.75. The minimum absolute atomic E-state index is 0.275. The van der Waals surface area contributed by atoms with E-state index in [4.69, 9.17) is 4.74 Å². The van der Waals surface area contributed by atoms with Crippen molar-refractivity contribution in [2.45, 2.75) is 38.8 Å². The fourth-order valence-corrected chi connectivity index (χ4v) is 1.84. The molecule has 1 N–H and O–H groups in total. The highest BCUT2D eigenvalue weighted by Gasteiger charge is 2.32. The van der Waals surface area contributed by atoms with Crippen molar-refractivity contribution in [2.24, 2.45) is 7.05 Å². The molecule has 1 rings (SSSR count). The number of hydrogen-bond acceptors (Lipinski definition) is 5. The van der Waals surface area contributed by atoms with Crippen molar-refractivity contribution < 1.29 is 23.9 Å². The number of alkyl carbamates (subject to hydrolysis) is 1. The van der Waals surface area contributed by atoms with Gasteiger partial charge in [-0.1, -0.05) is 0 Å². The van der Waals surface area contributed by atoms with Gasteiger partial charge in [-0.25, -0.2) is 9.59 Å². The molecule has 0 aromatic carbocycles. The summed E-state index contributed by atoms with van der Waals surface area (Å²) in [5, 5.41) is 2.52. The average Bonchev–Trinajstić information content (AvgIpc) is 2.78. The molecule has 0 aliphatic heterocycles. The zero-order valence-corrected chi connectivity index (χ0v) is 13.7. The molecule has 1 heterocycles. The predicted molar refractivity (Wildman–Crippen MR) is 79.5 cm³/mol. The van der Waals surface area contributed by atoms with E-state index in [0.717, 1.165) is 0 Å². The molecule has 1 amide bonds. The fourth-order valence-electron chi connectivity index (χ4n) is 1.84. The van der Waals surface area contributed by atoms with Gasteiger partial charge >= 0.3 is 12.1 Å². The standard InChI is InChI=1S/C15H22N2O5/c1-14(2,3)22-13(20)16-15(4,9-18)10-7-11(12(19)21-6)17(5)8-10/h7-9H,1-6H3,(H,16,20). The first-order chi connectivity index (χ1) is 10.0. The van der Waals surface area contributed by atoms with E-state index >= 15 is 0 Å². The normalized spacial score (nSPS) is 13.9. The molecule has 1 aromatic heterocycles. The molecule has 7 nitrogen and oxygen atoms in total. The summed E-state index contributed by atoms with van der Waals surface area (Å²) in [5.74, 6) is -0.528. The van der Waals surface area contributed by atoms with E-state index in [-0.39, 0.29) is 5.69 Å². The van der Waals surface area contributed by atoms with Crippen LogP contribution in [0.1, 0.15) is 43.7 Å². The number of ether oxygens (including phenoxy) is 2. The number of carbonyl (C=O) groups excluding carboxylic acids is 3. The Balaban J connectivity index is 3.06. The zero-order chi connectivity index (χ0) is 17.1. The number of nitrogens with zero attached hydrogens (tertiary/aromatic N) is 1. The summed E-state index contributed by atoms with van der Waals surface area (Å²) in [6.45, 7) is 6.70. The summed E-state index contributed by atoms with van der Waals surface area (Å²) in [7, 11) is 2.92. The molecule has 0 saturated heterocycles. The van der Waals surface area contributed by atoms with Crippen LogP contribution >= 0.6 is 0 Å². The molecule has 1 atom stereocenters. The average molecular weight is 310 g/mol. The van der Waals surface area contributed by atoms with Crippen molar-refractivity contribution in [2.75, 3.05) is 7.11 Å². The zero-order valence-electron chi connectivity index (χ0n) is 13.7. The molecule has 0 radical (unpaired) electrons. The molecule has 0 bridgehead atoms. The van der Waals surface area contributed by atoms with Gasteiger partial charge < -0.3 is 24.2 Å². The molecule has 0 fully saturated rings. The monoisotopic (exact) mass is 310 g/mol. The Bertz CT molecular complexity index is 585. The summed E-state index contributed by atoms with van der Waals surface area (Å²) >= 11 is 0. The van der Waals surface area contributed by atoms with Crippen LogP contribution in [0.4, 0.5) is 4.79 Å². The predicted octanol–water partition coefficient (Wildman–Crippen LogP) is 1.75. The highest BCUT2D eigenvalue weighted by atomic mass is 16.6. The van der Waals surface area contributed by atoms with Crippen LogP contribution in [-0.4, -0.2) is 35.6 Å². The van der Waals surface area contributed by atoms with Crippen molar-refractivity contribution >= 4 is 18.3 Å². The molecule has 7 heteroatoms. The van der Waals surface area contributed by atoms with Gasteiger partial charge in [0.05, 0.1) is 7.11 Å².